The first kappa shape index (κ1) is 14.3. The summed E-state index contributed by atoms with van der Waals surface area (Å²) in [6.07, 6.45) is 0. The zero-order valence-corrected chi connectivity index (χ0v) is 11.1. The number of carbonyl (C=O) groups excluding carboxylic acids is 1. The van der Waals surface area contributed by atoms with E-state index in [0.29, 0.717) is 38.4 Å². The van der Waals surface area contributed by atoms with Crippen molar-refractivity contribution in [3.63, 3.8) is 0 Å². The average Bonchev–Trinajstić information content (AvgIpc) is 2.38. The lowest BCUT2D eigenvalue weighted by molar-refractivity contribution is 0.158. The minimum atomic E-state index is -0.380. The highest BCUT2D eigenvalue weighted by Gasteiger charge is 2.21. The number of nitrogens with zero attached hydrogens (tertiary/aromatic N) is 2. The van der Waals surface area contributed by atoms with Gasteiger partial charge in [-0.05, 0) is 18.2 Å². The molecule has 1 saturated heterocycles. The first-order valence-electron chi connectivity index (χ1n) is 6.41. The topological polar surface area (TPSA) is 85.5 Å². The summed E-state index contributed by atoms with van der Waals surface area (Å²) in [5.74, 6) is -0.253. The van der Waals surface area contributed by atoms with Crippen molar-refractivity contribution in [2.24, 2.45) is 5.73 Å². The number of hydrogen-bond acceptors (Lipinski definition) is 3. The van der Waals surface area contributed by atoms with Gasteiger partial charge in [0.1, 0.15) is 11.7 Å². The van der Waals surface area contributed by atoms with E-state index in [1.807, 2.05) is 4.90 Å². The van der Waals surface area contributed by atoms with Gasteiger partial charge in [-0.15, -0.1) is 0 Å². The first-order chi connectivity index (χ1) is 9.54. The Balaban J connectivity index is 1.84. The second-order valence-electron chi connectivity index (χ2n) is 4.73. The fraction of sp³-hybridized carbons (Fsp3) is 0.385. The molecular weight excluding hydrogens is 261 g/mol. The smallest absolute Gasteiger partial charge is 0.321 e. The molecule has 0 atom stereocenters. The van der Waals surface area contributed by atoms with Crippen LogP contribution in [0.2, 0.25) is 0 Å². The zero-order valence-electron chi connectivity index (χ0n) is 11.1. The third-order valence-electron chi connectivity index (χ3n) is 3.13. The molecule has 1 heterocycles. The second kappa shape index (κ2) is 6.33. The Labute approximate surface area is 116 Å². The minimum absolute atomic E-state index is 0.127. The Kier molecular flexibility index (Phi) is 4.52. The molecule has 1 aliphatic rings. The number of halogens is 1. The van der Waals surface area contributed by atoms with Crippen LogP contribution in [0, 0.1) is 11.2 Å². The van der Waals surface area contributed by atoms with Crippen LogP contribution >= 0.6 is 0 Å². The summed E-state index contributed by atoms with van der Waals surface area (Å²) in [5.41, 5.74) is 5.79. The molecule has 1 aromatic rings. The molecular formula is C13H18FN5O. The molecule has 2 amide bonds. The van der Waals surface area contributed by atoms with Crippen LogP contribution in [0.25, 0.3) is 0 Å². The van der Waals surface area contributed by atoms with E-state index in [0.717, 1.165) is 0 Å². The standard InChI is InChI=1S/C13H18FN5O/c14-10-2-1-3-11(8-10)17-13(20)19-6-4-18(5-7-19)9-12(15)16/h1-3,8H,4-7,9H2,(H3,15,16)(H,17,20). The van der Waals surface area contributed by atoms with E-state index in [-0.39, 0.29) is 17.7 Å². The van der Waals surface area contributed by atoms with Gasteiger partial charge < -0.3 is 16.0 Å². The quantitative estimate of drug-likeness (QED) is 0.568. The summed E-state index contributed by atoms with van der Waals surface area (Å²) in [4.78, 5) is 15.7. The van der Waals surface area contributed by atoms with Crippen LogP contribution in [-0.4, -0.2) is 54.4 Å². The van der Waals surface area contributed by atoms with Crippen LogP contribution in [0.1, 0.15) is 0 Å². The van der Waals surface area contributed by atoms with Crippen molar-refractivity contribution in [1.29, 1.82) is 5.41 Å². The lowest BCUT2D eigenvalue weighted by Crippen LogP contribution is -2.51. The van der Waals surface area contributed by atoms with Gasteiger partial charge in [0, 0.05) is 31.9 Å². The third kappa shape index (κ3) is 3.92. The molecule has 20 heavy (non-hydrogen) atoms. The normalized spacial score (nSPS) is 15.9. The minimum Gasteiger partial charge on any atom is -0.387 e. The van der Waals surface area contributed by atoms with E-state index in [1.165, 1.54) is 12.1 Å². The van der Waals surface area contributed by atoms with Gasteiger partial charge in [0.05, 0.1) is 6.54 Å². The molecule has 1 aromatic carbocycles. The van der Waals surface area contributed by atoms with Crippen molar-refractivity contribution in [3.05, 3.63) is 30.1 Å². The molecule has 0 aromatic heterocycles. The van der Waals surface area contributed by atoms with E-state index < -0.39 is 0 Å². The first-order valence-corrected chi connectivity index (χ1v) is 6.41. The average molecular weight is 279 g/mol. The SMILES string of the molecule is N=C(N)CN1CCN(C(=O)Nc2cccc(F)c2)CC1. The Morgan fingerprint density at radius 3 is 2.65 bits per heavy atom. The highest BCUT2D eigenvalue weighted by atomic mass is 19.1. The van der Waals surface area contributed by atoms with E-state index in [1.54, 1.807) is 17.0 Å². The lowest BCUT2D eigenvalue weighted by Gasteiger charge is -2.34. The Morgan fingerprint density at radius 2 is 2.05 bits per heavy atom. The molecule has 0 spiro atoms. The van der Waals surface area contributed by atoms with Crippen LogP contribution in [0.4, 0.5) is 14.9 Å². The summed E-state index contributed by atoms with van der Waals surface area (Å²) < 4.78 is 13.0. The number of rotatable bonds is 3. The van der Waals surface area contributed by atoms with Gasteiger partial charge in [-0.3, -0.25) is 10.3 Å². The van der Waals surface area contributed by atoms with E-state index in [2.05, 4.69) is 5.32 Å². The second-order valence-corrected chi connectivity index (χ2v) is 4.73. The molecule has 1 aliphatic heterocycles. The molecule has 1 fully saturated rings. The van der Waals surface area contributed by atoms with E-state index in [4.69, 9.17) is 11.1 Å². The van der Waals surface area contributed by atoms with Crippen molar-refractivity contribution >= 4 is 17.6 Å². The third-order valence-corrected chi connectivity index (χ3v) is 3.13. The predicted molar refractivity (Wildman–Crippen MR) is 75.3 cm³/mol. The predicted octanol–water partition coefficient (Wildman–Crippen LogP) is 0.911. The molecule has 0 unspecified atom stereocenters. The maximum absolute atomic E-state index is 13.0. The molecule has 0 aliphatic carbocycles. The van der Waals surface area contributed by atoms with E-state index in [9.17, 15) is 9.18 Å². The molecule has 7 heteroatoms. The van der Waals surface area contributed by atoms with Crippen molar-refractivity contribution in [1.82, 2.24) is 9.80 Å². The Hall–Kier alpha value is -2.15. The number of hydrogen-bond donors (Lipinski definition) is 3. The van der Waals surface area contributed by atoms with Crippen LogP contribution in [0.3, 0.4) is 0 Å². The van der Waals surface area contributed by atoms with Crippen LogP contribution in [0.5, 0.6) is 0 Å². The number of anilines is 1. The zero-order chi connectivity index (χ0) is 14.5. The Bertz CT molecular complexity index is 499. The van der Waals surface area contributed by atoms with Crippen molar-refractivity contribution in [2.45, 2.75) is 0 Å². The van der Waals surface area contributed by atoms with Crippen molar-refractivity contribution in [2.75, 3.05) is 38.0 Å². The Morgan fingerprint density at radius 1 is 1.35 bits per heavy atom. The highest BCUT2D eigenvalue weighted by Crippen LogP contribution is 2.11. The van der Waals surface area contributed by atoms with Crippen LogP contribution < -0.4 is 11.1 Å². The van der Waals surface area contributed by atoms with E-state index >= 15 is 0 Å². The lowest BCUT2D eigenvalue weighted by atomic mass is 10.3. The van der Waals surface area contributed by atoms with Gasteiger partial charge in [-0.2, -0.15) is 0 Å². The summed E-state index contributed by atoms with van der Waals surface area (Å²) in [6.45, 7) is 2.91. The largest absolute Gasteiger partial charge is 0.387 e. The molecule has 6 nitrogen and oxygen atoms in total. The van der Waals surface area contributed by atoms with Crippen molar-refractivity contribution < 1.29 is 9.18 Å². The molecule has 0 saturated carbocycles. The van der Waals surface area contributed by atoms with Gasteiger partial charge in [0.25, 0.3) is 0 Å². The fourth-order valence-corrected chi connectivity index (χ4v) is 2.12. The number of carbonyl (C=O) groups is 1. The van der Waals surface area contributed by atoms with Gasteiger partial charge in [-0.25, -0.2) is 9.18 Å². The fourth-order valence-electron chi connectivity index (χ4n) is 2.12. The summed E-state index contributed by atoms with van der Waals surface area (Å²) in [6, 6.07) is 5.57. The number of amidine groups is 1. The van der Waals surface area contributed by atoms with Gasteiger partial charge in [0.15, 0.2) is 0 Å². The maximum Gasteiger partial charge on any atom is 0.321 e. The molecule has 4 N–H and O–H groups in total. The van der Waals surface area contributed by atoms with Crippen molar-refractivity contribution in [3.8, 4) is 0 Å². The molecule has 2 rings (SSSR count). The molecule has 0 bridgehead atoms. The summed E-state index contributed by atoms with van der Waals surface area (Å²) in [5, 5.41) is 9.91. The number of urea groups is 1. The number of amides is 2. The maximum atomic E-state index is 13.0. The number of piperazine rings is 1. The number of nitrogens with two attached hydrogens (primary N) is 1. The highest BCUT2D eigenvalue weighted by molar-refractivity contribution is 5.89. The monoisotopic (exact) mass is 279 g/mol. The molecule has 108 valence electrons. The molecule has 0 radical (unpaired) electrons. The van der Waals surface area contributed by atoms with Gasteiger partial charge in [-0.1, -0.05) is 6.07 Å². The summed E-state index contributed by atoms with van der Waals surface area (Å²) in [7, 11) is 0. The van der Waals surface area contributed by atoms with Gasteiger partial charge in [0.2, 0.25) is 0 Å². The number of benzene rings is 1. The summed E-state index contributed by atoms with van der Waals surface area (Å²) >= 11 is 0. The number of nitrogens with one attached hydrogen (secondary N) is 2. The van der Waals surface area contributed by atoms with Crippen LogP contribution in [-0.2, 0) is 0 Å². The van der Waals surface area contributed by atoms with Gasteiger partial charge >= 0.3 is 6.03 Å². The van der Waals surface area contributed by atoms with Crippen LogP contribution in [0.15, 0.2) is 24.3 Å².